The van der Waals surface area contributed by atoms with Crippen molar-refractivity contribution in [2.75, 3.05) is 13.2 Å². The van der Waals surface area contributed by atoms with E-state index in [1.54, 1.807) is 20.8 Å². The van der Waals surface area contributed by atoms with Gasteiger partial charge in [-0.05, 0) is 33.3 Å². The summed E-state index contributed by atoms with van der Waals surface area (Å²) in [5.41, 5.74) is -0.272. The average Bonchev–Trinajstić information content (AvgIpc) is 2.46. The van der Waals surface area contributed by atoms with E-state index in [0.29, 0.717) is 13.0 Å². The lowest BCUT2D eigenvalue weighted by molar-refractivity contribution is -0.158. The van der Waals surface area contributed by atoms with Crippen molar-refractivity contribution in [3.63, 3.8) is 0 Å². The van der Waals surface area contributed by atoms with Crippen LogP contribution in [0.2, 0.25) is 0 Å². The molecule has 0 amide bonds. The Hall–Kier alpha value is -1.84. The van der Waals surface area contributed by atoms with Crippen molar-refractivity contribution in [2.45, 2.75) is 33.1 Å². The van der Waals surface area contributed by atoms with Gasteiger partial charge < -0.3 is 9.47 Å². The number of esters is 1. The molecule has 0 N–H and O–H groups in total. The summed E-state index contributed by atoms with van der Waals surface area (Å²) in [5.74, 6) is -0.142. The number of carbonyl (C=O) groups excluding carboxylic acids is 2. The molecule has 1 atom stereocenters. The van der Waals surface area contributed by atoms with Crippen LogP contribution in [0.3, 0.4) is 0 Å². The van der Waals surface area contributed by atoms with Crippen LogP contribution in [0.1, 0.15) is 38.7 Å². The molecule has 1 unspecified atom stereocenters. The number of carbonyl (C=O) groups is 2. The number of fused-ring (bicyclic) bond motifs is 1. The summed E-state index contributed by atoms with van der Waals surface area (Å²) in [6.45, 7) is 5.77. The maximum atomic E-state index is 12.7. The summed E-state index contributed by atoms with van der Waals surface area (Å²) in [6, 6.07) is 7.50. The molecule has 20 heavy (non-hydrogen) atoms. The van der Waals surface area contributed by atoms with Gasteiger partial charge in [0, 0.05) is 5.56 Å². The summed E-state index contributed by atoms with van der Waals surface area (Å²) in [4.78, 5) is 24.7. The van der Waals surface area contributed by atoms with Crippen LogP contribution in [0.15, 0.2) is 24.3 Å². The number of hydrogen-bond donors (Lipinski definition) is 0. The Morgan fingerprint density at radius 2 is 2.05 bits per heavy atom. The fourth-order valence-electron chi connectivity index (χ4n) is 2.46. The molecule has 1 aliphatic rings. The van der Waals surface area contributed by atoms with E-state index >= 15 is 0 Å². The van der Waals surface area contributed by atoms with Crippen LogP contribution >= 0.6 is 0 Å². The number of benzene rings is 1. The zero-order valence-electron chi connectivity index (χ0n) is 12.1. The molecule has 0 saturated carbocycles. The Balaban J connectivity index is 2.28. The number of para-hydroxylation sites is 1. The Kier molecular flexibility index (Phi) is 4.12. The second-order valence-corrected chi connectivity index (χ2v) is 5.44. The molecule has 0 aliphatic carbocycles. The largest absolute Gasteiger partial charge is 0.493 e. The van der Waals surface area contributed by atoms with Crippen molar-refractivity contribution in [3.8, 4) is 5.75 Å². The quantitative estimate of drug-likeness (QED) is 0.626. The predicted octanol–water partition coefficient (Wildman–Crippen LogP) is 2.71. The predicted molar refractivity (Wildman–Crippen MR) is 74.7 cm³/mol. The van der Waals surface area contributed by atoms with Gasteiger partial charge in [0.1, 0.15) is 11.2 Å². The number of hydrogen-bond acceptors (Lipinski definition) is 4. The van der Waals surface area contributed by atoms with Crippen molar-refractivity contribution in [1.29, 1.82) is 0 Å². The average molecular weight is 276 g/mol. The van der Waals surface area contributed by atoms with E-state index in [1.807, 2.05) is 24.3 Å². The van der Waals surface area contributed by atoms with Gasteiger partial charge in [0.2, 0.25) is 0 Å². The third-order valence-corrected chi connectivity index (χ3v) is 3.68. The van der Waals surface area contributed by atoms with Crippen molar-refractivity contribution in [2.24, 2.45) is 5.41 Å². The molecule has 0 fully saturated rings. The molecule has 1 aromatic carbocycles. The summed E-state index contributed by atoms with van der Waals surface area (Å²) in [7, 11) is 0. The van der Waals surface area contributed by atoms with Gasteiger partial charge in [0.25, 0.3) is 0 Å². The molecular formula is C16H20O4. The molecule has 4 nitrogen and oxygen atoms in total. The number of rotatable bonds is 4. The Morgan fingerprint density at radius 1 is 1.35 bits per heavy atom. The fourth-order valence-corrected chi connectivity index (χ4v) is 2.46. The van der Waals surface area contributed by atoms with Gasteiger partial charge in [-0.1, -0.05) is 18.2 Å². The maximum absolute atomic E-state index is 12.7. The van der Waals surface area contributed by atoms with E-state index in [0.717, 1.165) is 11.3 Å². The molecule has 2 rings (SSSR count). The molecule has 0 bridgehead atoms. The van der Waals surface area contributed by atoms with E-state index in [1.165, 1.54) is 0 Å². The minimum atomic E-state index is -1.13. The third-order valence-electron chi connectivity index (χ3n) is 3.68. The lowest BCUT2D eigenvalue weighted by atomic mass is 9.76. The van der Waals surface area contributed by atoms with Gasteiger partial charge in [-0.15, -0.1) is 0 Å². The first-order valence-electron chi connectivity index (χ1n) is 6.91. The van der Waals surface area contributed by atoms with E-state index in [-0.39, 0.29) is 18.3 Å². The number of ether oxygens (including phenoxy) is 2. The Labute approximate surface area is 119 Å². The minimum Gasteiger partial charge on any atom is -0.493 e. The second-order valence-electron chi connectivity index (χ2n) is 5.44. The standard InChI is InChI=1S/C16H20O4/c1-4-19-15(18)16(2,3)14(17)12-9-10-20-13-8-6-5-7-11(12)13/h5-8,12H,4,9-10H2,1-3H3. The second kappa shape index (κ2) is 5.65. The van der Waals surface area contributed by atoms with Gasteiger partial charge in [0.15, 0.2) is 5.78 Å². The Morgan fingerprint density at radius 3 is 2.75 bits per heavy atom. The van der Waals surface area contributed by atoms with E-state index in [9.17, 15) is 9.59 Å². The van der Waals surface area contributed by atoms with Crippen LogP contribution in [0, 0.1) is 5.41 Å². The summed E-state index contributed by atoms with van der Waals surface area (Å²) in [5, 5.41) is 0. The monoisotopic (exact) mass is 276 g/mol. The molecule has 0 radical (unpaired) electrons. The van der Waals surface area contributed by atoms with Crippen molar-refractivity contribution >= 4 is 11.8 Å². The van der Waals surface area contributed by atoms with Crippen molar-refractivity contribution in [1.82, 2.24) is 0 Å². The molecule has 0 spiro atoms. The molecule has 0 saturated heterocycles. The smallest absolute Gasteiger partial charge is 0.319 e. The van der Waals surface area contributed by atoms with Crippen LogP contribution < -0.4 is 4.74 Å². The molecule has 108 valence electrons. The number of Topliss-reactive ketones (excluding diaryl/α,β-unsaturated/α-hetero) is 1. The van der Waals surface area contributed by atoms with Crippen LogP contribution in [0.5, 0.6) is 5.75 Å². The van der Waals surface area contributed by atoms with Crippen LogP contribution in [-0.2, 0) is 14.3 Å². The Bertz CT molecular complexity index is 519. The maximum Gasteiger partial charge on any atom is 0.319 e. The van der Waals surface area contributed by atoms with Crippen LogP contribution in [0.25, 0.3) is 0 Å². The number of ketones is 1. The molecule has 0 aromatic heterocycles. The van der Waals surface area contributed by atoms with E-state index < -0.39 is 11.4 Å². The van der Waals surface area contributed by atoms with Crippen molar-refractivity contribution in [3.05, 3.63) is 29.8 Å². The highest BCUT2D eigenvalue weighted by Crippen LogP contribution is 2.38. The molecule has 4 heteroatoms. The van der Waals surface area contributed by atoms with E-state index in [4.69, 9.17) is 9.47 Å². The minimum absolute atomic E-state index is 0.105. The molecular weight excluding hydrogens is 256 g/mol. The molecule has 1 aliphatic heterocycles. The summed E-state index contributed by atoms with van der Waals surface area (Å²) in [6.07, 6.45) is 0.596. The van der Waals surface area contributed by atoms with Crippen LogP contribution in [-0.4, -0.2) is 25.0 Å². The van der Waals surface area contributed by atoms with Gasteiger partial charge >= 0.3 is 5.97 Å². The lowest BCUT2D eigenvalue weighted by Crippen LogP contribution is -2.39. The zero-order valence-corrected chi connectivity index (χ0v) is 12.1. The molecule has 1 heterocycles. The lowest BCUT2D eigenvalue weighted by Gasteiger charge is -2.30. The van der Waals surface area contributed by atoms with Crippen molar-refractivity contribution < 1.29 is 19.1 Å². The van der Waals surface area contributed by atoms with Gasteiger partial charge in [-0.25, -0.2) is 0 Å². The highest BCUT2D eigenvalue weighted by Gasteiger charge is 2.43. The van der Waals surface area contributed by atoms with E-state index in [2.05, 4.69) is 0 Å². The summed E-state index contributed by atoms with van der Waals surface area (Å²) >= 11 is 0. The summed E-state index contributed by atoms with van der Waals surface area (Å²) < 4.78 is 10.6. The topological polar surface area (TPSA) is 52.6 Å². The molecule has 1 aromatic rings. The SMILES string of the molecule is CCOC(=O)C(C)(C)C(=O)C1CCOc2ccccc21. The normalized spacial score (nSPS) is 17.9. The first-order chi connectivity index (χ1) is 9.48. The van der Waals surface area contributed by atoms with Gasteiger partial charge in [-0.3, -0.25) is 9.59 Å². The van der Waals surface area contributed by atoms with Gasteiger partial charge in [-0.2, -0.15) is 0 Å². The fraction of sp³-hybridized carbons (Fsp3) is 0.500. The van der Waals surface area contributed by atoms with Gasteiger partial charge in [0.05, 0.1) is 19.1 Å². The van der Waals surface area contributed by atoms with Crippen LogP contribution in [0.4, 0.5) is 0 Å². The third kappa shape index (κ3) is 2.55. The first kappa shape index (κ1) is 14.6. The highest BCUT2D eigenvalue weighted by molar-refractivity contribution is 6.06. The highest BCUT2D eigenvalue weighted by atomic mass is 16.5. The zero-order chi connectivity index (χ0) is 14.8. The first-order valence-corrected chi connectivity index (χ1v) is 6.91.